The number of aryl methyl sites for hydroxylation is 2. The normalized spacial score (nSPS) is 12.3. The number of ether oxygens (including phenoxy) is 2. The summed E-state index contributed by atoms with van der Waals surface area (Å²) in [6.45, 7) is 5.99. The highest BCUT2D eigenvalue weighted by atomic mass is 16.5. The topological polar surface area (TPSA) is 79.1 Å². The van der Waals surface area contributed by atoms with Gasteiger partial charge in [0.05, 0.1) is 36.7 Å². The second-order valence-electron chi connectivity index (χ2n) is 6.19. The van der Waals surface area contributed by atoms with Crippen LogP contribution in [0.1, 0.15) is 24.4 Å². The van der Waals surface area contributed by atoms with Gasteiger partial charge in [-0.2, -0.15) is 0 Å². The van der Waals surface area contributed by atoms with Gasteiger partial charge in [0, 0.05) is 24.9 Å². The molecular formula is C19H22N4O3. The largest absolute Gasteiger partial charge is 0.481 e. The molecule has 0 unspecified atom stereocenters. The first-order valence-electron chi connectivity index (χ1n) is 8.36. The lowest BCUT2D eigenvalue weighted by molar-refractivity contribution is 0.162. The number of methoxy groups -OCH3 is 2. The van der Waals surface area contributed by atoms with Gasteiger partial charge in [0.25, 0.3) is 5.56 Å². The van der Waals surface area contributed by atoms with Crippen molar-refractivity contribution in [2.45, 2.75) is 26.8 Å². The van der Waals surface area contributed by atoms with Crippen molar-refractivity contribution in [3.05, 3.63) is 46.1 Å². The van der Waals surface area contributed by atoms with Crippen LogP contribution < -0.4 is 10.3 Å². The van der Waals surface area contributed by atoms with E-state index in [4.69, 9.17) is 9.47 Å². The number of pyridine rings is 2. The van der Waals surface area contributed by atoms with E-state index in [2.05, 4.69) is 15.0 Å². The van der Waals surface area contributed by atoms with E-state index in [9.17, 15) is 4.79 Å². The molecule has 0 fully saturated rings. The summed E-state index contributed by atoms with van der Waals surface area (Å²) >= 11 is 0. The van der Waals surface area contributed by atoms with Crippen LogP contribution in [0.25, 0.3) is 22.3 Å². The molecule has 7 heteroatoms. The fourth-order valence-electron chi connectivity index (χ4n) is 3.10. The molecule has 0 saturated carbocycles. The highest BCUT2D eigenvalue weighted by Crippen LogP contribution is 2.28. The van der Waals surface area contributed by atoms with Gasteiger partial charge < -0.3 is 9.47 Å². The Kier molecular flexibility index (Phi) is 4.99. The van der Waals surface area contributed by atoms with Crippen molar-refractivity contribution < 1.29 is 9.47 Å². The molecule has 7 nitrogen and oxygen atoms in total. The van der Waals surface area contributed by atoms with Gasteiger partial charge in [-0.15, -0.1) is 0 Å². The maximum atomic E-state index is 12.7. The van der Waals surface area contributed by atoms with Gasteiger partial charge in [-0.05, 0) is 32.9 Å². The van der Waals surface area contributed by atoms with Crippen LogP contribution >= 0.6 is 0 Å². The van der Waals surface area contributed by atoms with Crippen molar-refractivity contribution in [1.29, 1.82) is 0 Å². The summed E-state index contributed by atoms with van der Waals surface area (Å²) in [5.41, 5.74) is 4.03. The molecule has 0 amide bonds. The number of hydrogen-bond donors (Lipinski definition) is 0. The van der Waals surface area contributed by atoms with Gasteiger partial charge >= 0.3 is 0 Å². The molecule has 0 aliphatic carbocycles. The summed E-state index contributed by atoms with van der Waals surface area (Å²) in [5, 5.41) is 0. The van der Waals surface area contributed by atoms with E-state index in [0.29, 0.717) is 29.4 Å². The van der Waals surface area contributed by atoms with Gasteiger partial charge in [-0.1, -0.05) is 0 Å². The van der Waals surface area contributed by atoms with Crippen LogP contribution in [0.5, 0.6) is 5.88 Å². The summed E-state index contributed by atoms with van der Waals surface area (Å²) in [6, 6.07) is 5.39. The van der Waals surface area contributed by atoms with E-state index < -0.39 is 0 Å². The van der Waals surface area contributed by atoms with Crippen LogP contribution in [0.2, 0.25) is 0 Å². The molecule has 0 aliphatic rings. The Morgan fingerprint density at radius 3 is 2.54 bits per heavy atom. The first kappa shape index (κ1) is 18.0. The van der Waals surface area contributed by atoms with Crippen LogP contribution in [-0.4, -0.2) is 40.3 Å². The van der Waals surface area contributed by atoms with Crippen LogP contribution in [-0.2, 0) is 4.74 Å². The highest BCUT2D eigenvalue weighted by molar-refractivity contribution is 5.90. The molecule has 26 heavy (non-hydrogen) atoms. The number of fused-ring (bicyclic) bond motifs is 1. The molecule has 136 valence electrons. The number of rotatable bonds is 5. The van der Waals surface area contributed by atoms with Gasteiger partial charge in [-0.3, -0.25) is 14.3 Å². The molecule has 0 aromatic carbocycles. The predicted molar refractivity (Wildman–Crippen MR) is 99.6 cm³/mol. The molecule has 0 N–H and O–H groups in total. The molecule has 3 rings (SSSR count). The molecule has 3 heterocycles. The van der Waals surface area contributed by atoms with Crippen LogP contribution in [0.15, 0.2) is 29.2 Å². The molecule has 0 aliphatic heterocycles. The summed E-state index contributed by atoms with van der Waals surface area (Å²) in [4.78, 5) is 26.2. The van der Waals surface area contributed by atoms with E-state index in [0.717, 1.165) is 16.8 Å². The van der Waals surface area contributed by atoms with Crippen LogP contribution in [0.3, 0.4) is 0 Å². The Labute approximate surface area is 151 Å². The fourth-order valence-corrected chi connectivity index (χ4v) is 3.10. The predicted octanol–water partition coefficient (Wildman–Crippen LogP) is 2.69. The van der Waals surface area contributed by atoms with E-state index >= 15 is 0 Å². The Morgan fingerprint density at radius 1 is 1.12 bits per heavy atom. The van der Waals surface area contributed by atoms with Gasteiger partial charge in [0.1, 0.15) is 11.2 Å². The molecule has 0 saturated heterocycles. The van der Waals surface area contributed by atoms with Crippen molar-refractivity contribution in [1.82, 2.24) is 19.5 Å². The Bertz CT molecular complexity index is 1010. The maximum Gasteiger partial charge on any atom is 0.272 e. The molecule has 3 aromatic heterocycles. The lowest BCUT2D eigenvalue weighted by Gasteiger charge is -2.18. The summed E-state index contributed by atoms with van der Waals surface area (Å²) in [6.07, 6.45) is 1.69. The number of hydrogen-bond acceptors (Lipinski definition) is 6. The molecule has 0 radical (unpaired) electrons. The highest BCUT2D eigenvalue weighted by Gasteiger charge is 2.18. The van der Waals surface area contributed by atoms with Crippen molar-refractivity contribution in [3.63, 3.8) is 0 Å². The molecule has 1 atom stereocenters. The lowest BCUT2D eigenvalue weighted by Crippen LogP contribution is -2.29. The smallest absolute Gasteiger partial charge is 0.272 e. The van der Waals surface area contributed by atoms with Crippen LogP contribution in [0, 0.1) is 13.8 Å². The molecule has 0 spiro atoms. The van der Waals surface area contributed by atoms with Gasteiger partial charge in [0.15, 0.2) is 0 Å². The first-order valence-corrected chi connectivity index (χ1v) is 8.36. The van der Waals surface area contributed by atoms with Crippen molar-refractivity contribution in [2.24, 2.45) is 0 Å². The first-order chi connectivity index (χ1) is 12.5. The average Bonchev–Trinajstić information content (AvgIpc) is 2.62. The Balaban J connectivity index is 2.31. The van der Waals surface area contributed by atoms with Crippen molar-refractivity contribution in [3.8, 4) is 17.1 Å². The van der Waals surface area contributed by atoms with Crippen molar-refractivity contribution >= 4 is 11.0 Å². The van der Waals surface area contributed by atoms with Crippen molar-refractivity contribution in [2.75, 3.05) is 20.8 Å². The average molecular weight is 354 g/mol. The van der Waals surface area contributed by atoms with E-state index in [1.165, 1.54) is 0 Å². The monoisotopic (exact) mass is 354 g/mol. The maximum absolute atomic E-state index is 12.7. The third-order valence-electron chi connectivity index (χ3n) is 4.34. The zero-order valence-corrected chi connectivity index (χ0v) is 15.6. The second kappa shape index (κ2) is 7.21. The Morgan fingerprint density at radius 2 is 1.88 bits per heavy atom. The SMILES string of the molecule is COC[C@H](C)n1c(=O)c(C)nc2c(-c3ccc(OC)nc3C)nccc21. The standard InChI is InChI=1S/C19H22N4O3/c1-11(10-25-4)23-15-8-9-20-17(18(15)22-13(3)19(23)24)14-6-7-16(26-5)21-12(14)2/h6-9,11H,10H2,1-5H3/t11-/m0/s1. The zero-order chi connectivity index (χ0) is 18.8. The number of nitrogens with zero attached hydrogens (tertiary/aromatic N) is 4. The summed E-state index contributed by atoms with van der Waals surface area (Å²) < 4.78 is 12.1. The zero-order valence-electron chi connectivity index (χ0n) is 15.6. The van der Waals surface area contributed by atoms with Crippen LogP contribution in [0.4, 0.5) is 0 Å². The minimum atomic E-state index is -0.123. The molecular weight excluding hydrogens is 332 g/mol. The fraction of sp³-hybridized carbons (Fsp3) is 0.368. The van der Waals surface area contributed by atoms with E-state index in [-0.39, 0.29) is 11.6 Å². The Hall–Kier alpha value is -2.80. The molecule has 3 aromatic rings. The summed E-state index contributed by atoms with van der Waals surface area (Å²) in [7, 11) is 3.20. The second-order valence-corrected chi connectivity index (χ2v) is 6.19. The third-order valence-corrected chi connectivity index (χ3v) is 4.34. The quantitative estimate of drug-likeness (QED) is 0.701. The minimum absolute atomic E-state index is 0.122. The lowest BCUT2D eigenvalue weighted by atomic mass is 10.1. The molecule has 0 bridgehead atoms. The summed E-state index contributed by atoms with van der Waals surface area (Å²) in [5.74, 6) is 0.543. The van der Waals surface area contributed by atoms with Gasteiger partial charge in [0.2, 0.25) is 5.88 Å². The van der Waals surface area contributed by atoms with E-state index in [1.807, 2.05) is 26.0 Å². The third kappa shape index (κ3) is 3.06. The minimum Gasteiger partial charge on any atom is -0.481 e. The van der Waals surface area contributed by atoms with Gasteiger partial charge in [-0.25, -0.2) is 9.97 Å². The number of aromatic nitrogens is 4. The van der Waals surface area contributed by atoms with E-state index in [1.54, 1.807) is 38.0 Å².